The van der Waals surface area contributed by atoms with Crippen LogP contribution in [0.2, 0.25) is 0 Å². The molecule has 1 aliphatic heterocycles. The predicted molar refractivity (Wildman–Crippen MR) is 85.6 cm³/mol. The Morgan fingerprint density at radius 1 is 1.35 bits per heavy atom. The summed E-state index contributed by atoms with van der Waals surface area (Å²) >= 11 is 2.06. The standard InChI is InChI=1S/C15H15IN2O2/c16-13-14(11-4-2-1-3-5-11)17-12(18-15(13)19)8-10-6-7-20-9-10/h1-5,10H,6-9H2,(H,17,18,19). The van der Waals surface area contributed by atoms with Gasteiger partial charge in [-0.15, -0.1) is 0 Å². The van der Waals surface area contributed by atoms with E-state index in [9.17, 15) is 4.79 Å². The van der Waals surface area contributed by atoms with Gasteiger partial charge in [0, 0.05) is 25.2 Å². The molecule has 1 N–H and O–H groups in total. The monoisotopic (exact) mass is 382 g/mol. The third-order valence-electron chi connectivity index (χ3n) is 3.47. The normalized spacial score (nSPS) is 18.4. The summed E-state index contributed by atoms with van der Waals surface area (Å²) in [5, 5.41) is 0. The maximum atomic E-state index is 12.1. The average Bonchev–Trinajstić information content (AvgIpc) is 2.96. The van der Waals surface area contributed by atoms with Gasteiger partial charge in [-0.1, -0.05) is 30.3 Å². The number of nitrogens with one attached hydrogen (secondary N) is 1. The predicted octanol–water partition coefficient (Wildman–Crippen LogP) is 2.62. The minimum atomic E-state index is -0.0617. The van der Waals surface area contributed by atoms with Crippen LogP contribution in [0.25, 0.3) is 11.3 Å². The molecule has 1 aromatic carbocycles. The molecule has 0 bridgehead atoms. The van der Waals surface area contributed by atoms with E-state index in [2.05, 4.69) is 32.6 Å². The second-order valence-electron chi connectivity index (χ2n) is 4.97. The van der Waals surface area contributed by atoms with Gasteiger partial charge in [0.15, 0.2) is 0 Å². The van der Waals surface area contributed by atoms with Crippen molar-refractivity contribution in [2.75, 3.05) is 13.2 Å². The van der Waals surface area contributed by atoms with E-state index in [0.717, 1.165) is 43.1 Å². The van der Waals surface area contributed by atoms with E-state index in [1.807, 2.05) is 30.3 Å². The number of H-pyrrole nitrogens is 1. The molecular weight excluding hydrogens is 367 g/mol. The summed E-state index contributed by atoms with van der Waals surface area (Å²) < 4.78 is 6.02. The largest absolute Gasteiger partial charge is 0.381 e. The molecule has 0 radical (unpaired) electrons. The highest BCUT2D eigenvalue weighted by Gasteiger charge is 2.19. The molecule has 1 fully saturated rings. The molecule has 4 nitrogen and oxygen atoms in total. The number of halogens is 1. The number of rotatable bonds is 3. The zero-order valence-corrected chi connectivity index (χ0v) is 13.1. The maximum absolute atomic E-state index is 12.1. The van der Waals surface area contributed by atoms with Crippen LogP contribution >= 0.6 is 22.6 Å². The Labute approximate surface area is 130 Å². The highest BCUT2D eigenvalue weighted by molar-refractivity contribution is 14.1. The average molecular weight is 382 g/mol. The van der Waals surface area contributed by atoms with Crippen molar-refractivity contribution >= 4 is 22.6 Å². The van der Waals surface area contributed by atoms with Gasteiger partial charge in [0.1, 0.15) is 9.39 Å². The first kappa shape index (κ1) is 13.8. The maximum Gasteiger partial charge on any atom is 0.264 e. The van der Waals surface area contributed by atoms with Crippen LogP contribution in [0.4, 0.5) is 0 Å². The molecule has 0 saturated carbocycles. The summed E-state index contributed by atoms with van der Waals surface area (Å²) in [5.74, 6) is 1.21. The Hall–Kier alpha value is -1.21. The number of benzene rings is 1. The van der Waals surface area contributed by atoms with E-state index in [4.69, 9.17) is 4.74 Å². The van der Waals surface area contributed by atoms with Gasteiger partial charge < -0.3 is 9.72 Å². The zero-order chi connectivity index (χ0) is 13.9. The fraction of sp³-hybridized carbons (Fsp3) is 0.333. The molecule has 2 aromatic rings. The molecule has 0 amide bonds. The molecule has 1 aliphatic rings. The van der Waals surface area contributed by atoms with Crippen LogP contribution in [0.1, 0.15) is 12.2 Å². The first-order valence-corrected chi connectivity index (χ1v) is 7.74. The van der Waals surface area contributed by atoms with Crippen molar-refractivity contribution in [3.63, 3.8) is 0 Å². The van der Waals surface area contributed by atoms with Gasteiger partial charge in [0.2, 0.25) is 0 Å². The van der Waals surface area contributed by atoms with Crippen molar-refractivity contribution in [3.8, 4) is 11.3 Å². The lowest BCUT2D eigenvalue weighted by Crippen LogP contribution is -2.18. The van der Waals surface area contributed by atoms with E-state index in [1.54, 1.807) is 0 Å². The third kappa shape index (κ3) is 2.93. The summed E-state index contributed by atoms with van der Waals surface area (Å²) in [6, 6.07) is 9.83. The molecule has 20 heavy (non-hydrogen) atoms. The summed E-state index contributed by atoms with van der Waals surface area (Å²) in [7, 11) is 0. The van der Waals surface area contributed by atoms with Crippen LogP contribution < -0.4 is 5.56 Å². The molecule has 2 heterocycles. The van der Waals surface area contributed by atoms with E-state index >= 15 is 0 Å². The fourth-order valence-electron chi connectivity index (χ4n) is 2.41. The highest BCUT2D eigenvalue weighted by Crippen LogP contribution is 2.22. The fourth-order valence-corrected chi connectivity index (χ4v) is 2.97. The first-order valence-electron chi connectivity index (χ1n) is 6.66. The molecule has 1 saturated heterocycles. The van der Waals surface area contributed by atoms with Gasteiger partial charge in [-0.25, -0.2) is 4.98 Å². The Morgan fingerprint density at radius 2 is 2.15 bits per heavy atom. The minimum Gasteiger partial charge on any atom is -0.381 e. The van der Waals surface area contributed by atoms with Crippen molar-refractivity contribution in [3.05, 3.63) is 50.1 Å². The van der Waals surface area contributed by atoms with Gasteiger partial charge in [-0.05, 0) is 34.9 Å². The van der Waals surface area contributed by atoms with Crippen molar-refractivity contribution in [1.29, 1.82) is 0 Å². The van der Waals surface area contributed by atoms with Gasteiger partial charge in [-0.3, -0.25) is 4.79 Å². The number of ether oxygens (including phenoxy) is 1. The quantitative estimate of drug-likeness (QED) is 0.831. The lowest BCUT2D eigenvalue weighted by molar-refractivity contribution is 0.185. The minimum absolute atomic E-state index is 0.0617. The number of aromatic nitrogens is 2. The smallest absolute Gasteiger partial charge is 0.264 e. The van der Waals surface area contributed by atoms with E-state index in [1.165, 1.54) is 0 Å². The van der Waals surface area contributed by atoms with E-state index in [-0.39, 0.29) is 5.56 Å². The van der Waals surface area contributed by atoms with Crippen molar-refractivity contribution in [2.45, 2.75) is 12.8 Å². The summed E-state index contributed by atoms with van der Waals surface area (Å²) in [6.07, 6.45) is 1.81. The lowest BCUT2D eigenvalue weighted by Gasteiger charge is -2.09. The number of hydrogen-bond donors (Lipinski definition) is 1. The van der Waals surface area contributed by atoms with Crippen molar-refractivity contribution in [2.24, 2.45) is 5.92 Å². The summed E-state index contributed by atoms with van der Waals surface area (Å²) in [5.41, 5.74) is 1.68. The van der Waals surface area contributed by atoms with Crippen LogP contribution in [0.3, 0.4) is 0 Å². The third-order valence-corrected chi connectivity index (χ3v) is 4.47. The van der Waals surface area contributed by atoms with E-state index < -0.39 is 0 Å². The van der Waals surface area contributed by atoms with Crippen LogP contribution in [0, 0.1) is 9.49 Å². The van der Waals surface area contributed by atoms with Gasteiger partial charge in [0.25, 0.3) is 5.56 Å². The molecule has 3 rings (SSSR count). The number of aromatic amines is 1. The molecule has 1 unspecified atom stereocenters. The molecule has 5 heteroatoms. The lowest BCUT2D eigenvalue weighted by atomic mass is 10.0. The molecule has 1 aromatic heterocycles. The first-order chi connectivity index (χ1) is 9.74. The SMILES string of the molecule is O=c1[nH]c(CC2CCOC2)nc(-c2ccccc2)c1I. The Balaban J connectivity index is 1.97. The Kier molecular flexibility index (Phi) is 4.16. The van der Waals surface area contributed by atoms with Crippen LogP contribution in [0.15, 0.2) is 35.1 Å². The highest BCUT2D eigenvalue weighted by atomic mass is 127. The topological polar surface area (TPSA) is 55.0 Å². The Bertz CT molecular complexity index is 649. The van der Waals surface area contributed by atoms with Gasteiger partial charge >= 0.3 is 0 Å². The number of nitrogens with zero attached hydrogens (tertiary/aromatic N) is 1. The molecular formula is C15H15IN2O2. The Morgan fingerprint density at radius 3 is 2.85 bits per heavy atom. The summed E-state index contributed by atoms with van der Waals surface area (Å²) in [4.78, 5) is 19.6. The molecule has 104 valence electrons. The van der Waals surface area contributed by atoms with Crippen LogP contribution in [-0.4, -0.2) is 23.2 Å². The second kappa shape index (κ2) is 6.05. The zero-order valence-electron chi connectivity index (χ0n) is 10.9. The van der Waals surface area contributed by atoms with Crippen molar-refractivity contribution in [1.82, 2.24) is 9.97 Å². The van der Waals surface area contributed by atoms with Gasteiger partial charge in [0.05, 0.1) is 5.69 Å². The van der Waals surface area contributed by atoms with Crippen LogP contribution in [-0.2, 0) is 11.2 Å². The molecule has 0 aliphatic carbocycles. The second-order valence-corrected chi connectivity index (χ2v) is 6.05. The summed E-state index contributed by atoms with van der Waals surface area (Å²) in [6.45, 7) is 1.57. The van der Waals surface area contributed by atoms with Gasteiger partial charge in [-0.2, -0.15) is 0 Å². The van der Waals surface area contributed by atoms with Crippen LogP contribution in [0.5, 0.6) is 0 Å². The molecule has 0 spiro atoms. The van der Waals surface area contributed by atoms with E-state index in [0.29, 0.717) is 9.49 Å². The number of hydrogen-bond acceptors (Lipinski definition) is 3. The van der Waals surface area contributed by atoms with Crippen molar-refractivity contribution < 1.29 is 4.74 Å². The molecule has 1 atom stereocenters.